The molecule has 426 valence electrons. The van der Waals surface area contributed by atoms with E-state index in [0.29, 0.717) is 12.2 Å². The Morgan fingerprint density at radius 3 is 1.41 bits per heavy atom. The molecule has 2 saturated heterocycles. The Balaban J connectivity index is 0.000000793. The van der Waals surface area contributed by atoms with Crippen molar-refractivity contribution < 1.29 is 75.4 Å². The van der Waals surface area contributed by atoms with Gasteiger partial charge in [-0.3, -0.25) is 29.3 Å². The molecule has 2 aromatic heterocycles. The summed E-state index contributed by atoms with van der Waals surface area (Å²) in [6, 6.07) is 0. The first-order valence-electron chi connectivity index (χ1n) is 24.0. The van der Waals surface area contributed by atoms with Gasteiger partial charge in [0.05, 0.1) is 34.9 Å². The molecule has 2 aliphatic heterocycles. The zero-order valence-electron chi connectivity index (χ0n) is 44.1. The van der Waals surface area contributed by atoms with Crippen LogP contribution >= 0.6 is 23.5 Å². The SMILES string of the molecule is CCN(CC)CC.CCN(CC)CC.CCN(CC)CC.CCN(CC)CC.Nc1ncnc2c1ncn2[C@@H]1O[C@H](COP(=O)(O)OP(=O)(O)OP(=O)(O)O)[C@H]2OC3(O[C@H]21)C([N+](=O)[O-])=CC(=[N+]([O-])[O-])C=C3[N+](=O)[O-]. The fourth-order valence-corrected chi connectivity index (χ4v) is 10.3. The summed E-state index contributed by atoms with van der Waals surface area (Å²) in [6.45, 7) is 39.3. The molecule has 31 nitrogen and oxygen atoms in total. The minimum absolute atomic E-state index is 0.00707. The number of hydrogen-bond acceptors (Lipinski definition) is 23. The van der Waals surface area contributed by atoms with Crippen LogP contribution in [-0.2, 0) is 41.1 Å². The van der Waals surface area contributed by atoms with Crippen molar-refractivity contribution in [1.82, 2.24) is 39.1 Å². The zero-order valence-corrected chi connectivity index (χ0v) is 46.7. The van der Waals surface area contributed by atoms with E-state index in [-0.39, 0.29) is 17.0 Å². The maximum absolute atomic E-state index is 12.4. The highest BCUT2D eigenvalue weighted by Crippen LogP contribution is 2.66. The normalized spacial score (nSPS) is 21.8. The Labute approximate surface area is 430 Å². The standard InChI is InChI=1S/C16H16N8O19P3.4C6H15N/c17-13-10-14(19-4-18-13)21(5-20-10)15-12-11(7(39-15)3-38-45(34,35)43-46(36,37)42-44(31,32)33)40-16(41-12)8(23(27)28)1-6(22(25)26)2-9(16)24(29)30;4*1-4-7(5-2)6-3/h1-2,4-5,7,11-12,15H,3H2,(H6-,17,18,19,25,26,31,32,33,34,35,36,37);4*4-6H2,1-3H3/q-1;;;;/t7-,11-,12-,15-;;;;/m1..../s1. The van der Waals surface area contributed by atoms with E-state index in [1.54, 1.807) is 0 Å². The van der Waals surface area contributed by atoms with Crippen LogP contribution in [0.25, 0.3) is 11.2 Å². The number of nitrogens with zero attached hydrogens (tertiary/aromatic N) is 11. The number of fused-ring (bicyclic) bond motifs is 2. The molecule has 6 atom stereocenters. The van der Waals surface area contributed by atoms with Gasteiger partial charge < -0.3 is 69.5 Å². The molecule has 74 heavy (non-hydrogen) atoms. The fourth-order valence-electron chi connectivity index (χ4n) is 7.29. The van der Waals surface area contributed by atoms with Crippen LogP contribution in [-0.4, -0.2) is 188 Å². The number of nitrogen functional groups attached to an aromatic ring is 1. The van der Waals surface area contributed by atoms with E-state index < -0.39 is 92.3 Å². The number of nitrogens with two attached hydrogens (primary N) is 1. The van der Waals surface area contributed by atoms with E-state index in [9.17, 15) is 54.1 Å². The first kappa shape index (κ1) is 68.0. The number of imidazole rings is 1. The van der Waals surface area contributed by atoms with Crippen LogP contribution in [0.1, 0.15) is 89.3 Å². The number of phosphoric ester groups is 1. The van der Waals surface area contributed by atoms with Crippen LogP contribution in [0.4, 0.5) is 5.82 Å². The molecule has 1 aliphatic carbocycles. The monoisotopic (exact) mass is 1120 g/mol. The second-order valence-electron chi connectivity index (χ2n) is 15.5. The van der Waals surface area contributed by atoms with Gasteiger partial charge in [-0.2, -0.15) is 13.5 Å². The Morgan fingerprint density at radius 1 is 0.649 bits per heavy atom. The van der Waals surface area contributed by atoms with E-state index in [1.807, 2.05) is 0 Å². The molecule has 4 heterocycles. The van der Waals surface area contributed by atoms with Gasteiger partial charge in [0, 0.05) is 0 Å². The third-order valence-electron chi connectivity index (χ3n) is 11.6. The van der Waals surface area contributed by atoms with Crippen LogP contribution in [0.15, 0.2) is 36.2 Å². The molecule has 0 bridgehead atoms. The summed E-state index contributed by atoms with van der Waals surface area (Å²) in [5.41, 5.74) is 2.07. The number of hydrogen-bond donors (Lipinski definition) is 5. The number of nitro groups is 2. The van der Waals surface area contributed by atoms with Gasteiger partial charge >= 0.3 is 40.6 Å². The third-order valence-corrected chi connectivity index (χ3v) is 15.4. The van der Waals surface area contributed by atoms with E-state index in [4.69, 9.17) is 29.7 Å². The number of ether oxygens (including phenoxy) is 3. The third kappa shape index (κ3) is 20.2. The summed E-state index contributed by atoms with van der Waals surface area (Å²) in [4.78, 5) is 78.5. The Bertz CT molecular complexity index is 2200. The smallest absolute Gasteiger partial charge is 0.490 e. The highest BCUT2D eigenvalue weighted by atomic mass is 31.3. The predicted molar refractivity (Wildman–Crippen MR) is 272 cm³/mol. The molecule has 0 radical (unpaired) electrons. The largest absolute Gasteiger partial charge is 0.612 e. The van der Waals surface area contributed by atoms with Gasteiger partial charge in [-0.25, -0.2) is 28.6 Å². The van der Waals surface area contributed by atoms with Gasteiger partial charge in [0.2, 0.25) is 5.71 Å². The zero-order chi connectivity index (χ0) is 56.8. The maximum Gasteiger partial charge on any atom is 0.490 e. The molecule has 5 rings (SSSR count). The lowest BCUT2D eigenvalue weighted by molar-refractivity contribution is -0.499. The van der Waals surface area contributed by atoms with E-state index in [2.05, 4.69) is 131 Å². The van der Waals surface area contributed by atoms with Crippen molar-refractivity contribution in [3.63, 3.8) is 0 Å². The van der Waals surface area contributed by atoms with Gasteiger partial charge in [0.15, 0.2) is 17.7 Å². The highest BCUT2D eigenvalue weighted by molar-refractivity contribution is 7.66. The number of phosphoric acid groups is 3. The molecule has 34 heteroatoms. The number of rotatable bonds is 22. The van der Waals surface area contributed by atoms with Crippen LogP contribution in [0.5, 0.6) is 0 Å². The summed E-state index contributed by atoms with van der Waals surface area (Å²) in [6.07, 6.45) is -3.91. The second kappa shape index (κ2) is 31.9. The lowest BCUT2D eigenvalue weighted by Crippen LogP contribution is -2.46. The molecule has 3 aliphatic rings. The van der Waals surface area contributed by atoms with Crippen LogP contribution < -0.4 is 5.73 Å². The lowest BCUT2D eigenvalue weighted by Gasteiger charge is -2.28. The highest BCUT2D eigenvalue weighted by Gasteiger charge is 2.70. The van der Waals surface area contributed by atoms with Crippen molar-refractivity contribution in [2.75, 3.05) is 90.9 Å². The minimum atomic E-state index is -5.94. The Morgan fingerprint density at radius 2 is 1.05 bits per heavy atom. The van der Waals surface area contributed by atoms with E-state index >= 15 is 0 Å². The molecule has 2 aromatic rings. The van der Waals surface area contributed by atoms with Gasteiger partial charge in [0.1, 0.15) is 30.2 Å². The quantitative estimate of drug-likeness (QED) is 0.0474. The Kier molecular flexibility index (Phi) is 29.4. The summed E-state index contributed by atoms with van der Waals surface area (Å²) in [7, 11) is -17.4. The summed E-state index contributed by atoms with van der Waals surface area (Å²) in [5, 5.41) is 46.9. The second-order valence-corrected chi connectivity index (χ2v) is 20.0. The molecular weight excluding hydrogens is 1050 g/mol. The van der Waals surface area contributed by atoms with E-state index in [0.717, 1.165) is 17.2 Å². The van der Waals surface area contributed by atoms with Crippen molar-refractivity contribution in [2.45, 2.75) is 113 Å². The average Bonchev–Trinajstić information content (AvgIpc) is 4.03. The lowest BCUT2D eigenvalue weighted by atomic mass is 10.0. The molecule has 0 aromatic carbocycles. The van der Waals surface area contributed by atoms with Crippen molar-refractivity contribution in [3.05, 3.63) is 66.8 Å². The predicted octanol–water partition coefficient (Wildman–Crippen LogP) is 4.31. The molecule has 6 N–H and O–H groups in total. The van der Waals surface area contributed by atoms with Gasteiger partial charge in [-0.05, 0) is 78.5 Å². The molecule has 2 fully saturated rings. The fraction of sp³-hybridized carbons (Fsp3) is 0.750. The Hall–Kier alpha value is -3.97. The van der Waals surface area contributed by atoms with Crippen molar-refractivity contribution in [1.29, 1.82) is 0 Å². The van der Waals surface area contributed by atoms with Crippen molar-refractivity contribution >= 4 is 46.2 Å². The summed E-state index contributed by atoms with van der Waals surface area (Å²) < 4.78 is 65.2. The average molecular weight is 1120 g/mol. The molecule has 2 unspecified atom stereocenters. The summed E-state index contributed by atoms with van der Waals surface area (Å²) in [5.74, 6) is -3.17. The minimum Gasteiger partial charge on any atom is -0.612 e. The molecule has 0 saturated carbocycles. The molecule has 1 spiro atoms. The van der Waals surface area contributed by atoms with Crippen LogP contribution in [0, 0.1) is 30.6 Å². The van der Waals surface area contributed by atoms with Crippen molar-refractivity contribution in [3.8, 4) is 0 Å². The van der Waals surface area contributed by atoms with Gasteiger partial charge in [-0.1, -0.05) is 83.1 Å². The summed E-state index contributed by atoms with van der Waals surface area (Å²) >= 11 is 0. The van der Waals surface area contributed by atoms with Crippen molar-refractivity contribution in [2.24, 2.45) is 0 Å². The van der Waals surface area contributed by atoms with E-state index in [1.165, 1.54) is 78.5 Å². The molecule has 0 amide bonds. The maximum atomic E-state index is 12.4. The van der Waals surface area contributed by atoms with Gasteiger partial charge in [0.25, 0.3) is 0 Å². The van der Waals surface area contributed by atoms with Crippen LogP contribution in [0.2, 0.25) is 0 Å². The molecular formula is C40H76N12O19P3-. The first-order valence-corrected chi connectivity index (χ1v) is 28.5. The first-order chi connectivity index (χ1) is 34.6. The topological polar surface area (TPSA) is 405 Å². The number of anilines is 1. The number of aromatic nitrogens is 4. The number of allylic oxidation sites excluding steroid dienone is 2. The van der Waals surface area contributed by atoms with Gasteiger partial charge in [-0.15, -0.1) is 0 Å². The van der Waals surface area contributed by atoms with Crippen LogP contribution in [0.3, 0.4) is 0 Å².